The molecule has 0 aromatic heterocycles. The molecule has 0 spiro atoms. The average molecular weight is 193 g/mol. The van der Waals surface area contributed by atoms with Crippen molar-refractivity contribution in [3.05, 3.63) is 0 Å². The normalized spacial score (nSPS) is 18.9. The summed E-state index contributed by atoms with van der Waals surface area (Å²) in [4.78, 5) is 21.4. The quantitative estimate of drug-likeness (QED) is 0.508. The second kappa shape index (κ2) is 2.83. The lowest BCUT2D eigenvalue weighted by atomic mass is 10.3. The van der Waals surface area contributed by atoms with E-state index in [9.17, 15) is 18.0 Å². The predicted molar refractivity (Wildman–Crippen MR) is 37.3 cm³/mol. The number of nitrogens with zero attached hydrogens (tertiary/aromatic N) is 1. The van der Waals surface area contributed by atoms with Crippen LogP contribution in [0.2, 0.25) is 0 Å². The van der Waals surface area contributed by atoms with Gasteiger partial charge in [0.2, 0.25) is 0 Å². The SMILES string of the molecule is CS(=O)(=O)ON1CC(=O)CC1=O. The minimum atomic E-state index is -3.71. The van der Waals surface area contributed by atoms with Crippen LogP contribution in [0.3, 0.4) is 0 Å². The lowest BCUT2D eigenvalue weighted by Gasteiger charge is -2.10. The van der Waals surface area contributed by atoms with E-state index in [1.165, 1.54) is 0 Å². The van der Waals surface area contributed by atoms with Crippen LogP contribution >= 0.6 is 0 Å². The first-order valence-corrected chi connectivity index (χ1v) is 4.92. The Hall–Kier alpha value is -0.950. The summed E-state index contributed by atoms with van der Waals surface area (Å²) < 4.78 is 25.2. The van der Waals surface area contributed by atoms with E-state index in [4.69, 9.17) is 0 Å². The molecule has 1 rings (SSSR count). The fraction of sp³-hybridized carbons (Fsp3) is 0.600. The van der Waals surface area contributed by atoms with Gasteiger partial charge in [-0.25, -0.2) is 0 Å². The Morgan fingerprint density at radius 1 is 1.42 bits per heavy atom. The number of hydrogen-bond acceptors (Lipinski definition) is 5. The van der Waals surface area contributed by atoms with Crippen molar-refractivity contribution >= 4 is 21.8 Å². The molecule has 7 heteroatoms. The van der Waals surface area contributed by atoms with E-state index in [1.807, 2.05) is 0 Å². The summed E-state index contributed by atoms with van der Waals surface area (Å²) in [7, 11) is -3.71. The van der Waals surface area contributed by atoms with Gasteiger partial charge in [-0.15, -0.1) is 4.28 Å². The Labute approximate surface area is 69.2 Å². The van der Waals surface area contributed by atoms with Crippen molar-refractivity contribution in [3.63, 3.8) is 0 Å². The molecule has 0 saturated carbocycles. The Kier molecular flexibility index (Phi) is 2.16. The monoisotopic (exact) mass is 193 g/mol. The average Bonchev–Trinajstić information content (AvgIpc) is 2.06. The Morgan fingerprint density at radius 3 is 2.33 bits per heavy atom. The summed E-state index contributed by atoms with van der Waals surface area (Å²) in [5.41, 5.74) is 0. The molecule has 0 bridgehead atoms. The first-order valence-electron chi connectivity index (χ1n) is 3.10. The van der Waals surface area contributed by atoms with Crippen molar-refractivity contribution in [3.8, 4) is 0 Å². The molecule has 1 fully saturated rings. The molecule has 12 heavy (non-hydrogen) atoms. The number of carbonyl (C=O) groups excluding carboxylic acids is 2. The molecular formula is C5H7NO5S. The third-order valence-corrected chi connectivity index (χ3v) is 1.62. The summed E-state index contributed by atoms with van der Waals surface area (Å²) in [5.74, 6) is -0.964. The van der Waals surface area contributed by atoms with Gasteiger partial charge in [-0.1, -0.05) is 0 Å². The number of hydrogen-bond donors (Lipinski definition) is 0. The summed E-state index contributed by atoms with van der Waals surface area (Å²) in [6, 6.07) is 0. The Balaban J connectivity index is 2.67. The maximum absolute atomic E-state index is 10.8. The van der Waals surface area contributed by atoms with Crippen LogP contribution < -0.4 is 0 Å². The van der Waals surface area contributed by atoms with Gasteiger partial charge in [-0.2, -0.15) is 13.5 Å². The minimum absolute atomic E-state index is 0.282. The van der Waals surface area contributed by atoms with Crippen molar-refractivity contribution in [2.24, 2.45) is 0 Å². The van der Waals surface area contributed by atoms with Crippen LogP contribution in [0, 0.1) is 0 Å². The molecule has 1 aliphatic rings. The molecule has 0 N–H and O–H groups in total. The second-order valence-electron chi connectivity index (χ2n) is 2.42. The zero-order valence-electron chi connectivity index (χ0n) is 6.31. The van der Waals surface area contributed by atoms with E-state index >= 15 is 0 Å². The summed E-state index contributed by atoms with van der Waals surface area (Å²) in [6.45, 7) is -0.286. The highest BCUT2D eigenvalue weighted by atomic mass is 32.2. The van der Waals surface area contributed by atoms with Gasteiger partial charge in [0, 0.05) is 0 Å². The van der Waals surface area contributed by atoms with E-state index in [1.54, 1.807) is 0 Å². The van der Waals surface area contributed by atoms with Crippen LogP contribution in [0.25, 0.3) is 0 Å². The van der Waals surface area contributed by atoms with Gasteiger partial charge in [-0.3, -0.25) is 9.59 Å². The molecule has 0 aromatic carbocycles. The van der Waals surface area contributed by atoms with Gasteiger partial charge >= 0.3 is 0 Å². The van der Waals surface area contributed by atoms with Crippen molar-refractivity contribution < 1.29 is 22.3 Å². The largest absolute Gasteiger partial charge is 0.297 e. The van der Waals surface area contributed by atoms with Crippen molar-refractivity contribution in [1.82, 2.24) is 5.06 Å². The minimum Gasteiger partial charge on any atom is -0.297 e. The van der Waals surface area contributed by atoms with E-state index in [2.05, 4.69) is 4.28 Å². The van der Waals surface area contributed by atoms with E-state index in [0.29, 0.717) is 5.06 Å². The molecule has 0 radical (unpaired) electrons. The van der Waals surface area contributed by atoms with Crippen LogP contribution in [-0.2, 0) is 24.0 Å². The molecule has 1 aliphatic heterocycles. The zero-order chi connectivity index (χ0) is 9.35. The molecule has 0 aromatic rings. The fourth-order valence-electron chi connectivity index (χ4n) is 0.792. The molecule has 1 amide bonds. The summed E-state index contributed by atoms with van der Waals surface area (Å²) in [6.07, 6.45) is 0.526. The number of rotatable bonds is 2. The van der Waals surface area contributed by atoms with Gasteiger partial charge in [0.1, 0.15) is 6.54 Å². The van der Waals surface area contributed by atoms with Gasteiger partial charge < -0.3 is 0 Å². The predicted octanol–water partition coefficient (Wildman–Crippen LogP) is -1.32. The maximum Gasteiger partial charge on any atom is 0.285 e. The third-order valence-electron chi connectivity index (χ3n) is 1.17. The van der Waals surface area contributed by atoms with Gasteiger partial charge in [-0.05, 0) is 0 Å². The van der Waals surface area contributed by atoms with Crippen LogP contribution in [0.15, 0.2) is 0 Å². The highest BCUT2D eigenvalue weighted by Gasteiger charge is 2.30. The first kappa shape index (κ1) is 9.14. The number of carbonyl (C=O) groups is 2. The van der Waals surface area contributed by atoms with Crippen LogP contribution in [0.1, 0.15) is 6.42 Å². The number of Topliss-reactive ketones (excluding diaryl/α,β-unsaturated/α-hetero) is 1. The lowest BCUT2D eigenvalue weighted by Crippen LogP contribution is -2.28. The van der Waals surface area contributed by atoms with Crippen LogP contribution in [-0.4, -0.2) is 38.0 Å². The van der Waals surface area contributed by atoms with Crippen LogP contribution in [0.5, 0.6) is 0 Å². The van der Waals surface area contributed by atoms with Crippen molar-refractivity contribution in [2.45, 2.75) is 6.42 Å². The molecule has 6 nitrogen and oxygen atoms in total. The van der Waals surface area contributed by atoms with Gasteiger partial charge in [0.25, 0.3) is 16.0 Å². The fourth-order valence-corrected chi connectivity index (χ4v) is 1.26. The highest BCUT2D eigenvalue weighted by molar-refractivity contribution is 7.85. The van der Waals surface area contributed by atoms with Crippen molar-refractivity contribution in [1.29, 1.82) is 0 Å². The Morgan fingerprint density at radius 2 is 2.00 bits per heavy atom. The molecule has 0 unspecified atom stereocenters. The first-order chi connectivity index (χ1) is 5.38. The Bertz CT molecular complexity index is 319. The second-order valence-corrected chi connectivity index (χ2v) is 3.98. The van der Waals surface area contributed by atoms with Gasteiger partial charge in [0.15, 0.2) is 5.78 Å². The third kappa shape index (κ3) is 2.28. The number of ketones is 1. The number of hydroxylamine groups is 2. The molecule has 0 atom stereocenters. The van der Waals surface area contributed by atoms with E-state index in [-0.39, 0.29) is 18.7 Å². The number of amides is 1. The molecule has 68 valence electrons. The van der Waals surface area contributed by atoms with Crippen molar-refractivity contribution in [2.75, 3.05) is 12.8 Å². The maximum atomic E-state index is 10.8. The lowest BCUT2D eigenvalue weighted by molar-refractivity contribution is -0.149. The zero-order valence-corrected chi connectivity index (χ0v) is 7.13. The smallest absolute Gasteiger partial charge is 0.285 e. The van der Waals surface area contributed by atoms with Crippen LogP contribution in [0.4, 0.5) is 0 Å². The molecule has 0 aliphatic carbocycles. The molecular weight excluding hydrogens is 186 g/mol. The molecule has 1 heterocycles. The standard InChI is InChI=1S/C5H7NO5S/c1-12(9,10)11-6-3-4(7)2-5(6)8/h2-3H2,1H3. The van der Waals surface area contributed by atoms with E-state index < -0.39 is 16.0 Å². The highest BCUT2D eigenvalue weighted by Crippen LogP contribution is 2.08. The molecule has 1 saturated heterocycles. The summed E-state index contributed by atoms with van der Waals surface area (Å²) in [5, 5.41) is 0.553. The van der Waals surface area contributed by atoms with E-state index in [0.717, 1.165) is 6.26 Å². The van der Waals surface area contributed by atoms with Gasteiger partial charge in [0.05, 0.1) is 12.7 Å². The summed E-state index contributed by atoms with van der Waals surface area (Å²) >= 11 is 0. The topological polar surface area (TPSA) is 80.8 Å².